The molecule has 1 saturated heterocycles. The van der Waals surface area contributed by atoms with Crippen molar-refractivity contribution in [2.24, 2.45) is 0 Å². The minimum atomic E-state index is -0.0641. The highest BCUT2D eigenvalue weighted by Crippen LogP contribution is 2.12. The molecule has 1 unspecified atom stereocenters. The summed E-state index contributed by atoms with van der Waals surface area (Å²) in [6.07, 6.45) is 8.15. The van der Waals surface area contributed by atoms with E-state index in [1.807, 2.05) is 0 Å². The molecule has 0 aliphatic carbocycles. The van der Waals surface area contributed by atoms with E-state index in [0.29, 0.717) is 6.61 Å². The first kappa shape index (κ1) is 9.13. The van der Waals surface area contributed by atoms with Gasteiger partial charge in [0.2, 0.25) is 0 Å². The Morgan fingerprint density at radius 3 is 3.08 bits per heavy atom. The van der Waals surface area contributed by atoms with Crippen molar-refractivity contribution in [2.45, 2.75) is 25.6 Å². The van der Waals surface area contributed by atoms with Gasteiger partial charge < -0.3 is 9.47 Å². The van der Waals surface area contributed by atoms with Crippen LogP contribution in [0.25, 0.3) is 0 Å². The predicted molar refractivity (Wildman–Crippen MR) is 46.2 cm³/mol. The van der Waals surface area contributed by atoms with E-state index in [2.05, 4.69) is 17.8 Å². The molecular formula is C10H12O2. The summed E-state index contributed by atoms with van der Waals surface area (Å²) in [5.74, 6) is 7.40. The minimum absolute atomic E-state index is 0.0641. The molecule has 1 rings (SSSR count). The van der Waals surface area contributed by atoms with Crippen LogP contribution >= 0.6 is 0 Å². The van der Waals surface area contributed by atoms with Crippen molar-refractivity contribution < 1.29 is 9.47 Å². The number of hydrogen-bond acceptors (Lipinski definition) is 2. The first-order chi connectivity index (χ1) is 5.93. The number of hydrogen-bond donors (Lipinski definition) is 0. The molecule has 1 fully saturated rings. The molecule has 1 aliphatic heterocycles. The van der Waals surface area contributed by atoms with Gasteiger partial charge in [0.25, 0.3) is 0 Å². The van der Waals surface area contributed by atoms with E-state index >= 15 is 0 Å². The van der Waals surface area contributed by atoms with E-state index in [4.69, 9.17) is 15.9 Å². The lowest BCUT2D eigenvalue weighted by molar-refractivity contribution is -0.154. The third-order valence-corrected chi connectivity index (χ3v) is 1.64. The van der Waals surface area contributed by atoms with E-state index in [9.17, 15) is 0 Å². The quantitative estimate of drug-likeness (QED) is 0.570. The van der Waals surface area contributed by atoms with Crippen LogP contribution in [0.5, 0.6) is 0 Å². The summed E-state index contributed by atoms with van der Waals surface area (Å²) in [5.41, 5.74) is 0. The van der Waals surface area contributed by atoms with Crippen LogP contribution in [0.3, 0.4) is 0 Å². The van der Waals surface area contributed by atoms with Gasteiger partial charge in [-0.1, -0.05) is 5.92 Å². The van der Waals surface area contributed by atoms with Crippen molar-refractivity contribution in [3.8, 4) is 24.2 Å². The lowest BCUT2D eigenvalue weighted by atomic mass is 10.2. The highest BCUT2D eigenvalue weighted by Gasteiger charge is 2.12. The molecule has 0 amide bonds. The van der Waals surface area contributed by atoms with Gasteiger partial charge in [0.05, 0.1) is 0 Å². The number of terminal acetylenes is 1. The van der Waals surface area contributed by atoms with Gasteiger partial charge in [-0.15, -0.1) is 6.42 Å². The van der Waals surface area contributed by atoms with Crippen LogP contribution in [-0.2, 0) is 9.47 Å². The van der Waals surface area contributed by atoms with Crippen molar-refractivity contribution in [1.82, 2.24) is 0 Å². The zero-order valence-corrected chi connectivity index (χ0v) is 7.01. The molecule has 0 spiro atoms. The van der Waals surface area contributed by atoms with Gasteiger partial charge in [0, 0.05) is 6.61 Å². The van der Waals surface area contributed by atoms with Crippen molar-refractivity contribution >= 4 is 0 Å². The molecule has 0 bridgehead atoms. The van der Waals surface area contributed by atoms with Crippen LogP contribution in [0, 0.1) is 24.2 Å². The van der Waals surface area contributed by atoms with Crippen LogP contribution in [0.15, 0.2) is 0 Å². The normalized spacial score (nSPS) is 22.1. The molecule has 0 aromatic carbocycles. The molecule has 0 aromatic heterocycles. The molecule has 1 aliphatic rings. The second-order valence-corrected chi connectivity index (χ2v) is 2.55. The first-order valence-corrected chi connectivity index (χ1v) is 4.10. The van der Waals surface area contributed by atoms with Gasteiger partial charge in [-0.3, -0.25) is 0 Å². The topological polar surface area (TPSA) is 18.5 Å². The molecule has 1 heterocycles. The Morgan fingerprint density at radius 1 is 1.50 bits per heavy atom. The standard InChI is InChI=1S/C10H12O2/c1-2-3-5-8-11-10-7-4-6-9-12-10/h1,10H,4,6-9H2. The molecule has 2 nitrogen and oxygen atoms in total. The molecule has 12 heavy (non-hydrogen) atoms. The predicted octanol–water partition coefficient (Wildman–Crippen LogP) is 1.17. The smallest absolute Gasteiger partial charge is 0.158 e. The summed E-state index contributed by atoms with van der Waals surface area (Å²) < 4.78 is 10.6. The van der Waals surface area contributed by atoms with E-state index < -0.39 is 0 Å². The van der Waals surface area contributed by atoms with Crippen LogP contribution < -0.4 is 0 Å². The molecule has 2 heteroatoms. The van der Waals surface area contributed by atoms with Crippen molar-refractivity contribution in [3.63, 3.8) is 0 Å². The third-order valence-electron chi connectivity index (χ3n) is 1.64. The van der Waals surface area contributed by atoms with Gasteiger partial charge >= 0.3 is 0 Å². The second-order valence-electron chi connectivity index (χ2n) is 2.55. The van der Waals surface area contributed by atoms with E-state index in [0.717, 1.165) is 19.4 Å². The maximum absolute atomic E-state index is 5.32. The third kappa shape index (κ3) is 3.44. The SMILES string of the molecule is C#CC#CCOC1CCCCO1. The van der Waals surface area contributed by atoms with E-state index in [1.165, 1.54) is 6.42 Å². The van der Waals surface area contributed by atoms with Gasteiger partial charge in [0.1, 0.15) is 6.61 Å². The van der Waals surface area contributed by atoms with Gasteiger partial charge in [0.15, 0.2) is 6.29 Å². The van der Waals surface area contributed by atoms with Crippen LogP contribution in [0.2, 0.25) is 0 Å². The van der Waals surface area contributed by atoms with Crippen molar-refractivity contribution in [1.29, 1.82) is 0 Å². The van der Waals surface area contributed by atoms with Gasteiger partial charge in [-0.25, -0.2) is 0 Å². The Kier molecular flexibility index (Phi) is 4.31. The fourth-order valence-corrected chi connectivity index (χ4v) is 1.06. The molecule has 1 atom stereocenters. The van der Waals surface area contributed by atoms with Crippen molar-refractivity contribution in [3.05, 3.63) is 0 Å². The Labute approximate surface area is 73.2 Å². The highest BCUT2D eigenvalue weighted by molar-refractivity contribution is 5.21. The monoisotopic (exact) mass is 164 g/mol. The molecule has 0 saturated carbocycles. The van der Waals surface area contributed by atoms with E-state index in [1.54, 1.807) is 0 Å². The lowest BCUT2D eigenvalue weighted by Crippen LogP contribution is -2.22. The zero-order chi connectivity index (χ0) is 8.65. The van der Waals surface area contributed by atoms with Crippen molar-refractivity contribution in [2.75, 3.05) is 13.2 Å². The van der Waals surface area contributed by atoms with Gasteiger partial charge in [-0.2, -0.15) is 0 Å². The fourth-order valence-electron chi connectivity index (χ4n) is 1.06. The molecule has 64 valence electrons. The summed E-state index contributed by atoms with van der Waals surface area (Å²) >= 11 is 0. The molecule has 0 radical (unpaired) electrons. The van der Waals surface area contributed by atoms with Crippen LogP contribution in [0.1, 0.15) is 19.3 Å². The summed E-state index contributed by atoms with van der Waals surface area (Å²) in [5, 5.41) is 0. The Hall–Kier alpha value is -0.960. The van der Waals surface area contributed by atoms with Crippen LogP contribution in [0.4, 0.5) is 0 Å². The first-order valence-electron chi connectivity index (χ1n) is 4.10. The summed E-state index contributed by atoms with van der Waals surface area (Å²) in [6.45, 7) is 1.17. The maximum atomic E-state index is 5.32. The highest BCUT2D eigenvalue weighted by atomic mass is 16.7. The molecular weight excluding hydrogens is 152 g/mol. The summed E-state index contributed by atoms with van der Waals surface area (Å²) in [7, 11) is 0. The lowest BCUT2D eigenvalue weighted by Gasteiger charge is -2.21. The average molecular weight is 164 g/mol. The second kappa shape index (κ2) is 5.66. The summed E-state index contributed by atoms with van der Waals surface area (Å²) in [4.78, 5) is 0. The number of rotatable bonds is 2. The Bertz CT molecular complexity index is 210. The van der Waals surface area contributed by atoms with E-state index in [-0.39, 0.29) is 6.29 Å². The Balaban J connectivity index is 2.10. The molecule has 0 aromatic rings. The Morgan fingerprint density at radius 2 is 2.42 bits per heavy atom. The van der Waals surface area contributed by atoms with Crippen LogP contribution in [-0.4, -0.2) is 19.5 Å². The number of ether oxygens (including phenoxy) is 2. The summed E-state index contributed by atoms with van der Waals surface area (Å²) in [6, 6.07) is 0. The maximum Gasteiger partial charge on any atom is 0.158 e. The minimum Gasteiger partial charge on any atom is -0.353 e. The largest absolute Gasteiger partial charge is 0.353 e. The fraction of sp³-hybridized carbons (Fsp3) is 0.600. The molecule has 0 N–H and O–H groups in total. The zero-order valence-electron chi connectivity index (χ0n) is 7.01. The van der Waals surface area contributed by atoms with Gasteiger partial charge in [-0.05, 0) is 31.1 Å². The average Bonchev–Trinajstić information content (AvgIpc) is 2.14.